The molecule has 3 N–H and O–H groups in total. The first kappa shape index (κ1) is 11.9. The summed E-state index contributed by atoms with van der Waals surface area (Å²) in [5, 5.41) is 0.132. The first-order valence-corrected chi connectivity index (χ1v) is 5.92. The summed E-state index contributed by atoms with van der Waals surface area (Å²) in [6, 6.07) is 0. The van der Waals surface area contributed by atoms with E-state index in [4.69, 9.17) is 0 Å². The van der Waals surface area contributed by atoms with Gasteiger partial charge in [0.15, 0.2) is 8.32 Å². The zero-order chi connectivity index (χ0) is 7.00. The fourth-order valence-corrected chi connectivity index (χ4v) is 0. The highest BCUT2D eigenvalue weighted by Crippen LogP contribution is 2.33. The van der Waals surface area contributed by atoms with Gasteiger partial charge in [0, 0.05) is 0 Å². The minimum Gasteiger partial charge on any atom is -0.432 e. The van der Waals surface area contributed by atoms with E-state index in [0.29, 0.717) is 0 Å². The lowest BCUT2D eigenvalue weighted by atomic mass is 10.2. The number of hydrogen-bond acceptors (Lipinski definition) is 1. The second-order valence-electron chi connectivity index (χ2n) is 3.81. The van der Waals surface area contributed by atoms with E-state index in [1.165, 1.54) is 0 Å². The van der Waals surface area contributed by atoms with Crippen LogP contribution in [0.4, 0.5) is 0 Å². The van der Waals surface area contributed by atoms with Crippen molar-refractivity contribution in [3.05, 3.63) is 0 Å². The molecule has 3 heteroatoms. The van der Waals surface area contributed by atoms with E-state index >= 15 is 0 Å². The molecular weight excluding hydrogens is 132 g/mol. The Kier molecular flexibility index (Phi) is 3.71. The third kappa shape index (κ3) is 3.67. The molecule has 0 fully saturated rings. The van der Waals surface area contributed by atoms with Gasteiger partial charge in [0.25, 0.3) is 0 Å². The van der Waals surface area contributed by atoms with Gasteiger partial charge < -0.3 is 10.3 Å². The molecule has 58 valence electrons. The Bertz CT molecular complexity index is 66.0. The van der Waals surface area contributed by atoms with Crippen LogP contribution in [0.5, 0.6) is 0 Å². The van der Waals surface area contributed by atoms with E-state index in [9.17, 15) is 4.80 Å². The van der Waals surface area contributed by atoms with Crippen LogP contribution in [0, 0.1) is 0 Å². The van der Waals surface area contributed by atoms with Gasteiger partial charge in [-0.2, -0.15) is 0 Å². The SMILES string of the molecule is CC(C)(C)[Si](C)(C)O.O. The van der Waals surface area contributed by atoms with Crippen LogP contribution in [0.15, 0.2) is 0 Å². The molecule has 0 aliphatic heterocycles. The second-order valence-corrected chi connectivity index (χ2v) is 8.43. The van der Waals surface area contributed by atoms with Crippen LogP contribution >= 0.6 is 0 Å². The van der Waals surface area contributed by atoms with Crippen molar-refractivity contribution < 1.29 is 10.3 Å². The Labute approximate surface area is 58.3 Å². The summed E-state index contributed by atoms with van der Waals surface area (Å²) in [5.41, 5.74) is 0. The molecule has 0 aliphatic carbocycles. The third-order valence-corrected chi connectivity index (χ3v) is 5.51. The van der Waals surface area contributed by atoms with Crippen molar-refractivity contribution in [2.75, 3.05) is 0 Å². The predicted octanol–water partition coefficient (Wildman–Crippen LogP) is 1.16. The van der Waals surface area contributed by atoms with Gasteiger partial charge in [0.05, 0.1) is 0 Å². The van der Waals surface area contributed by atoms with Gasteiger partial charge in [-0.25, -0.2) is 0 Å². The summed E-state index contributed by atoms with van der Waals surface area (Å²) in [7, 11) is -1.86. The van der Waals surface area contributed by atoms with Crippen molar-refractivity contribution in [1.29, 1.82) is 0 Å². The third-order valence-electron chi connectivity index (χ3n) is 1.84. The summed E-state index contributed by atoms with van der Waals surface area (Å²) < 4.78 is 0. The fourth-order valence-electron chi connectivity index (χ4n) is 0. The zero-order valence-corrected chi connectivity index (χ0v) is 7.95. The van der Waals surface area contributed by atoms with E-state index in [2.05, 4.69) is 20.8 Å². The molecule has 9 heavy (non-hydrogen) atoms. The lowest BCUT2D eigenvalue weighted by molar-refractivity contribution is 0.487. The topological polar surface area (TPSA) is 51.7 Å². The van der Waals surface area contributed by atoms with Crippen molar-refractivity contribution in [3.63, 3.8) is 0 Å². The van der Waals surface area contributed by atoms with E-state index < -0.39 is 8.32 Å². The fraction of sp³-hybridized carbons (Fsp3) is 1.00. The highest BCUT2D eigenvalue weighted by Gasteiger charge is 2.32. The molecule has 0 unspecified atom stereocenters. The second kappa shape index (κ2) is 2.81. The molecule has 0 spiro atoms. The molecule has 0 aromatic rings. The normalized spacial score (nSPS) is 12.7. The van der Waals surface area contributed by atoms with Crippen molar-refractivity contribution in [2.45, 2.75) is 38.9 Å². The van der Waals surface area contributed by atoms with Gasteiger partial charge in [0.1, 0.15) is 0 Å². The van der Waals surface area contributed by atoms with Crippen LogP contribution in [0.25, 0.3) is 0 Å². The average molecular weight is 150 g/mol. The van der Waals surface area contributed by atoms with Gasteiger partial charge >= 0.3 is 0 Å². The first-order chi connectivity index (χ1) is 3.25. The summed E-state index contributed by atoms with van der Waals surface area (Å²) >= 11 is 0. The molecule has 0 saturated carbocycles. The molecule has 2 nitrogen and oxygen atoms in total. The Morgan fingerprint density at radius 2 is 1.22 bits per heavy atom. The van der Waals surface area contributed by atoms with Gasteiger partial charge in [0.2, 0.25) is 0 Å². The van der Waals surface area contributed by atoms with Gasteiger partial charge in [-0.15, -0.1) is 0 Å². The Balaban J connectivity index is 0. The van der Waals surface area contributed by atoms with Crippen molar-refractivity contribution in [3.8, 4) is 0 Å². The van der Waals surface area contributed by atoms with Crippen LogP contribution in [0.1, 0.15) is 20.8 Å². The van der Waals surface area contributed by atoms with Crippen LogP contribution < -0.4 is 0 Å². The quantitative estimate of drug-likeness (QED) is 0.518. The molecule has 0 bridgehead atoms. The van der Waals surface area contributed by atoms with Gasteiger partial charge in [-0.05, 0) is 18.1 Å². The van der Waals surface area contributed by atoms with Crippen molar-refractivity contribution in [2.24, 2.45) is 0 Å². The van der Waals surface area contributed by atoms with Gasteiger partial charge in [-0.3, -0.25) is 0 Å². The summed E-state index contributed by atoms with van der Waals surface area (Å²) in [5.74, 6) is 0. The van der Waals surface area contributed by atoms with Crippen LogP contribution in [-0.4, -0.2) is 18.6 Å². The summed E-state index contributed by atoms with van der Waals surface area (Å²) in [4.78, 5) is 9.49. The van der Waals surface area contributed by atoms with E-state index in [1.807, 2.05) is 13.1 Å². The van der Waals surface area contributed by atoms with E-state index in [0.717, 1.165) is 0 Å². The van der Waals surface area contributed by atoms with Gasteiger partial charge in [-0.1, -0.05) is 20.8 Å². The van der Waals surface area contributed by atoms with E-state index in [-0.39, 0.29) is 10.5 Å². The summed E-state index contributed by atoms with van der Waals surface area (Å²) in [6.07, 6.45) is 0. The number of rotatable bonds is 0. The summed E-state index contributed by atoms with van der Waals surface area (Å²) in [6.45, 7) is 10.2. The van der Waals surface area contributed by atoms with Crippen LogP contribution in [0.3, 0.4) is 0 Å². The zero-order valence-electron chi connectivity index (χ0n) is 6.95. The Hall–Kier alpha value is 0.137. The molecule has 0 amide bonds. The average Bonchev–Trinajstić information content (AvgIpc) is 1.25. The molecule has 0 heterocycles. The maximum Gasteiger partial charge on any atom is 0.187 e. The molecule has 0 saturated heterocycles. The molecule has 0 atom stereocenters. The predicted molar refractivity (Wildman–Crippen MR) is 43.0 cm³/mol. The van der Waals surface area contributed by atoms with Crippen molar-refractivity contribution >= 4 is 8.32 Å². The van der Waals surface area contributed by atoms with Crippen molar-refractivity contribution in [1.82, 2.24) is 0 Å². The monoisotopic (exact) mass is 150 g/mol. The first-order valence-electron chi connectivity index (χ1n) is 2.97. The van der Waals surface area contributed by atoms with E-state index in [1.54, 1.807) is 0 Å². The molecule has 0 aromatic heterocycles. The van der Waals surface area contributed by atoms with Crippen LogP contribution in [0.2, 0.25) is 18.1 Å². The molecule has 0 radical (unpaired) electrons. The number of hydrogen-bond donors (Lipinski definition) is 1. The minimum absolute atomic E-state index is 0. The lowest BCUT2D eigenvalue weighted by Gasteiger charge is -2.30. The molecule has 0 aromatic carbocycles. The highest BCUT2D eigenvalue weighted by atomic mass is 28.4. The molecule has 0 aliphatic rings. The smallest absolute Gasteiger partial charge is 0.187 e. The maximum absolute atomic E-state index is 9.49. The Morgan fingerprint density at radius 3 is 1.22 bits per heavy atom. The highest BCUT2D eigenvalue weighted by molar-refractivity contribution is 6.72. The lowest BCUT2D eigenvalue weighted by Crippen LogP contribution is -2.36. The minimum atomic E-state index is -1.86. The van der Waals surface area contributed by atoms with Crippen LogP contribution in [-0.2, 0) is 0 Å². The standard InChI is InChI=1S/C6H16OSi.H2O/c1-6(2,3)8(4,5)7;/h7H,1-5H3;1H2. The largest absolute Gasteiger partial charge is 0.432 e. The Morgan fingerprint density at radius 1 is 1.11 bits per heavy atom. The molecule has 0 rings (SSSR count). The maximum atomic E-state index is 9.49. The molecular formula is C6H18O2Si.